The molecule has 0 aromatic heterocycles. The Morgan fingerprint density at radius 3 is 2.33 bits per heavy atom. The first kappa shape index (κ1) is 21.6. The molecule has 0 aromatic carbocycles. The molecule has 1 aliphatic heterocycles. The van der Waals surface area contributed by atoms with E-state index < -0.39 is 36.9 Å². The molecule has 0 bridgehead atoms. The smallest absolute Gasteiger partial charge is 0.853 e. The fourth-order valence-corrected chi connectivity index (χ4v) is 1.94. The summed E-state index contributed by atoms with van der Waals surface area (Å²) in [7, 11) is 0. The topological polar surface area (TPSA) is 105 Å². The zero-order valence-corrected chi connectivity index (χ0v) is 15.4. The SMILES string of the molecule is CC(=O)NC1[C@H](CO)OC(C[O-])[C@@H](C)[C@H]1[O-].[Na+].[Na+]. The second-order valence-electron chi connectivity index (χ2n) is 4.11. The fraction of sp³-hybridized carbons (Fsp3) is 0.900. The molecule has 1 aliphatic rings. The van der Waals surface area contributed by atoms with Gasteiger partial charge in [0.15, 0.2) is 0 Å². The first-order valence-electron chi connectivity index (χ1n) is 5.28. The molecule has 1 rings (SSSR count). The van der Waals surface area contributed by atoms with Gasteiger partial charge in [-0.25, -0.2) is 0 Å². The minimum atomic E-state index is -1.13. The van der Waals surface area contributed by atoms with Crippen molar-refractivity contribution in [2.24, 2.45) is 5.92 Å². The Kier molecular flexibility index (Phi) is 12.1. The predicted octanol–water partition coefficient (Wildman–Crippen LogP) is -9.02. The number of aliphatic hydroxyl groups is 1. The van der Waals surface area contributed by atoms with Crippen molar-refractivity contribution < 1.29 is 84.0 Å². The summed E-state index contributed by atoms with van der Waals surface area (Å²) < 4.78 is 5.30. The van der Waals surface area contributed by atoms with Crippen molar-refractivity contribution >= 4 is 5.91 Å². The summed E-state index contributed by atoms with van der Waals surface area (Å²) in [6, 6.07) is -0.778. The van der Waals surface area contributed by atoms with Crippen LogP contribution in [-0.2, 0) is 9.53 Å². The molecule has 18 heavy (non-hydrogen) atoms. The monoisotopic (exact) mass is 277 g/mol. The molecule has 5 atom stereocenters. The van der Waals surface area contributed by atoms with Crippen LogP contribution in [-0.4, -0.2) is 48.6 Å². The van der Waals surface area contributed by atoms with Gasteiger partial charge in [-0.05, 0) is 5.92 Å². The van der Waals surface area contributed by atoms with Crippen LogP contribution in [0.4, 0.5) is 0 Å². The average Bonchev–Trinajstić information content (AvgIpc) is 2.25. The molecule has 1 fully saturated rings. The summed E-state index contributed by atoms with van der Waals surface area (Å²) in [4.78, 5) is 10.9. The van der Waals surface area contributed by atoms with Gasteiger partial charge in [-0.3, -0.25) is 4.79 Å². The Bertz CT molecular complexity index is 254. The first-order chi connectivity index (χ1) is 7.51. The Morgan fingerprint density at radius 1 is 1.39 bits per heavy atom. The number of hydrogen-bond donors (Lipinski definition) is 2. The second kappa shape index (κ2) is 10.1. The number of carbonyl (C=O) groups excluding carboxylic acids is 1. The quantitative estimate of drug-likeness (QED) is 0.498. The van der Waals surface area contributed by atoms with Crippen LogP contribution in [0.25, 0.3) is 0 Å². The zero-order chi connectivity index (χ0) is 12.3. The summed E-state index contributed by atoms with van der Waals surface area (Å²) in [5.41, 5.74) is 0. The number of rotatable bonds is 3. The minimum absolute atomic E-state index is 0. The van der Waals surface area contributed by atoms with Crippen LogP contribution in [0.15, 0.2) is 0 Å². The van der Waals surface area contributed by atoms with Gasteiger partial charge < -0.3 is 25.4 Å². The standard InChI is InChI=1S/C10H17NO5.2Na/c1-5-7(3-12)16-8(4-13)9(10(5)15)11-6(2)14;;/h5,7-10,13H,3-4H2,1-2H3,(H,11,14);;/q-2;2*+1/t5-,7?,8+,9?,10-;;/m1../s1. The van der Waals surface area contributed by atoms with E-state index in [4.69, 9.17) is 9.84 Å². The molecule has 6 nitrogen and oxygen atoms in total. The maximum absolute atomic E-state index is 11.9. The molecular weight excluding hydrogens is 260 g/mol. The molecule has 94 valence electrons. The van der Waals surface area contributed by atoms with E-state index in [1.165, 1.54) is 6.92 Å². The maximum atomic E-state index is 11.9. The first-order valence-corrected chi connectivity index (χ1v) is 5.28. The molecule has 0 aliphatic carbocycles. The van der Waals surface area contributed by atoms with Crippen molar-refractivity contribution in [1.82, 2.24) is 5.32 Å². The van der Waals surface area contributed by atoms with E-state index in [1.54, 1.807) is 6.92 Å². The van der Waals surface area contributed by atoms with Crippen LogP contribution < -0.4 is 74.6 Å². The average molecular weight is 277 g/mol. The third kappa shape index (κ3) is 5.36. The van der Waals surface area contributed by atoms with Crippen LogP contribution in [0.5, 0.6) is 0 Å². The number of carbonyl (C=O) groups is 1. The molecule has 8 heteroatoms. The number of nitrogens with one attached hydrogen (secondary N) is 1. The van der Waals surface area contributed by atoms with Gasteiger partial charge in [0.05, 0.1) is 12.7 Å². The van der Waals surface area contributed by atoms with Crippen LogP contribution in [0.2, 0.25) is 0 Å². The number of aliphatic hydroxyl groups excluding tert-OH is 1. The number of amides is 1. The van der Waals surface area contributed by atoms with Gasteiger partial charge in [-0.15, -0.1) is 6.61 Å². The van der Waals surface area contributed by atoms with Crippen molar-refractivity contribution in [2.45, 2.75) is 38.2 Å². The molecule has 1 saturated heterocycles. The fourth-order valence-electron chi connectivity index (χ4n) is 1.94. The van der Waals surface area contributed by atoms with Gasteiger partial charge in [-0.1, -0.05) is 13.0 Å². The molecule has 0 radical (unpaired) electrons. The van der Waals surface area contributed by atoms with Gasteiger partial charge >= 0.3 is 59.1 Å². The second-order valence-corrected chi connectivity index (χ2v) is 4.11. The van der Waals surface area contributed by atoms with E-state index in [1.807, 2.05) is 0 Å². The van der Waals surface area contributed by atoms with Gasteiger partial charge in [0, 0.05) is 19.1 Å². The van der Waals surface area contributed by atoms with E-state index in [-0.39, 0.29) is 71.6 Å². The summed E-state index contributed by atoms with van der Waals surface area (Å²) in [6.07, 6.45) is -2.61. The molecule has 2 N–H and O–H groups in total. The van der Waals surface area contributed by atoms with Crippen molar-refractivity contribution in [2.75, 3.05) is 13.2 Å². The van der Waals surface area contributed by atoms with Gasteiger partial charge in [0.1, 0.15) is 0 Å². The molecule has 0 spiro atoms. The van der Waals surface area contributed by atoms with Crippen molar-refractivity contribution in [3.8, 4) is 0 Å². The third-order valence-electron chi connectivity index (χ3n) is 2.92. The molecule has 0 aromatic rings. The van der Waals surface area contributed by atoms with Gasteiger partial charge in [0.25, 0.3) is 0 Å². The van der Waals surface area contributed by atoms with Crippen molar-refractivity contribution in [3.05, 3.63) is 0 Å². The molecule has 1 heterocycles. The van der Waals surface area contributed by atoms with E-state index in [0.717, 1.165) is 0 Å². The normalized spacial score (nSPS) is 35.1. The minimum Gasteiger partial charge on any atom is -0.853 e. The number of hydrogen-bond acceptors (Lipinski definition) is 5. The van der Waals surface area contributed by atoms with Gasteiger partial charge in [0.2, 0.25) is 5.91 Å². The Hall–Kier alpha value is 1.31. The number of ether oxygens (including phenoxy) is 1. The summed E-state index contributed by atoms with van der Waals surface area (Å²) in [5, 5.41) is 34.3. The zero-order valence-electron chi connectivity index (χ0n) is 11.4. The third-order valence-corrected chi connectivity index (χ3v) is 2.92. The largest absolute Gasteiger partial charge is 1.00 e. The molecule has 1 amide bonds. The predicted molar refractivity (Wildman–Crippen MR) is 51.2 cm³/mol. The molecule has 2 unspecified atom stereocenters. The van der Waals surface area contributed by atoms with E-state index in [9.17, 15) is 15.0 Å². The van der Waals surface area contributed by atoms with E-state index in [0.29, 0.717) is 0 Å². The molecular formula is C10H17NNa2O5. The van der Waals surface area contributed by atoms with Crippen molar-refractivity contribution in [1.29, 1.82) is 0 Å². The Morgan fingerprint density at radius 2 is 1.94 bits per heavy atom. The summed E-state index contributed by atoms with van der Waals surface area (Å²) >= 11 is 0. The van der Waals surface area contributed by atoms with Crippen LogP contribution in [0.1, 0.15) is 13.8 Å². The van der Waals surface area contributed by atoms with Gasteiger partial charge in [-0.2, -0.15) is 0 Å². The van der Waals surface area contributed by atoms with Crippen molar-refractivity contribution in [3.63, 3.8) is 0 Å². The van der Waals surface area contributed by atoms with Crippen LogP contribution >= 0.6 is 0 Å². The molecule has 0 saturated carbocycles. The van der Waals surface area contributed by atoms with Crippen LogP contribution in [0, 0.1) is 5.92 Å². The summed E-state index contributed by atoms with van der Waals surface area (Å²) in [6.45, 7) is 2.03. The van der Waals surface area contributed by atoms with Crippen LogP contribution in [0.3, 0.4) is 0 Å². The van der Waals surface area contributed by atoms with E-state index >= 15 is 0 Å². The Labute approximate surface area is 151 Å². The van der Waals surface area contributed by atoms with E-state index in [2.05, 4.69) is 5.32 Å². The Balaban J connectivity index is 0. The summed E-state index contributed by atoms with van der Waals surface area (Å²) in [5.74, 6) is -0.821. The maximum Gasteiger partial charge on any atom is 1.00 e.